The topological polar surface area (TPSA) is 60.8 Å². The average molecular weight is 145 g/mol. The van der Waals surface area contributed by atoms with Crippen molar-refractivity contribution >= 4 is 5.91 Å². The first-order valence-electron chi connectivity index (χ1n) is 2.89. The number of allylic oxidation sites excluding steroid dienone is 1. The van der Waals surface area contributed by atoms with E-state index in [1.807, 2.05) is 0 Å². The molecule has 0 aromatic rings. The van der Waals surface area contributed by atoms with Gasteiger partial charge in [0.15, 0.2) is 0 Å². The van der Waals surface area contributed by atoms with E-state index in [4.69, 9.17) is 10.2 Å². The normalized spacial score (nSPS) is 10.3. The third-order valence-electron chi connectivity index (χ3n) is 0.962. The van der Waals surface area contributed by atoms with Crippen LogP contribution in [-0.2, 0) is 4.79 Å². The van der Waals surface area contributed by atoms with Crippen LogP contribution in [0.3, 0.4) is 0 Å². The molecular formula is C6H11NO3. The van der Waals surface area contributed by atoms with Crippen molar-refractivity contribution in [1.82, 2.24) is 4.90 Å². The van der Waals surface area contributed by atoms with Crippen LogP contribution in [0.5, 0.6) is 0 Å². The van der Waals surface area contributed by atoms with Gasteiger partial charge in [-0.15, -0.1) is 0 Å². The second kappa shape index (κ2) is 4.96. The number of carbonyl (C=O) groups is 1. The first-order chi connectivity index (χ1) is 4.76. The molecule has 0 unspecified atom stereocenters. The van der Waals surface area contributed by atoms with Gasteiger partial charge in [-0.1, -0.05) is 6.08 Å². The van der Waals surface area contributed by atoms with E-state index in [0.29, 0.717) is 0 Å². The third-order valence-corrected chi connectivity index (χ3v) is 0.962. The summed E-state index contributed by atoms with van der Waals surface area (Å²) < 4.78 is 0. The number of carbonyl (C=O) groups excluding carboxylic acids is 1. The van der Waals surface area contributed by atoms with Gasteiger partial charge in [0.2, 0.25) is 5.91 Å². The van der Waals surface area contributed by atoms with E-state index in [-0.39, 0.29) is 0 Å². The first kappa shape index (κ1) is 9.13. The van der Waals surface area contributed by atoms with Gasteiger partial charge in [0, 0.05) is 0 Å². The third kappa shape index (κ3) is 2.61. The Bertz CT molecular complexity index is 129. The van der Waals surface area contributed by atoms with Gasteiger partial charge in [0.1, 0.15) is 13.5 Å². The Morgan fingerprint density at radius 2 is 2.00 bits per heavy atom. The van der Waals surface area contributed by atoms with Crippen molar-refractivity contribution in [3.8, 4) is 0 Å². The molecule has 0 aromatic carbocycles. The zero-order valence-electron chi connectivity index (χ0n) is 5.82. The summed E-state index contributed by atoms with van der Waals surface area (Å²) in [6, 6.07) is 0. The molecule has 0 bridgehead atoms. The summed E-state index contributed by atoms with van der Waals surface area (Å²) in [7, 11) is 0. The molecule has 0 aliphatic heterocycles. The predicted molar refractivity (Wildman–Crippen MR) is 35.8 cm³/mol. The maximum atomic E-state index is 10.7. The molecule has 1 amide bonds. The lowest BCUT2D eigenvalue weighted by atomic mass is 10.5. The highest BCUT2D eigenvalue weighted by molar-refractivity contribution is 5.87. The number of amides is 1. The number of aliphatic hydroxyl groups excluding tert-OH is 2. The van der Waals surface area contributed by atoms with E-state index in [0.717, 1.165) is 4.90 Å². The summed E-state index contributed by atoms with van der Waals surface area (Å²) in [5.74, 6) is -0.396. The summed E-state index contributed by atoms with van der Waals surface area (Å²) >= 11 is 0. The molecule has 0 aromatic heterocycles. The molecule has 4 nitrogen and oxygen atoms in total. The molecule has 0 heterocycles. The van der Waals surface area contributed by atoms with Crippen molar-refractivity contribution in [3.63, 3.8) is 0 Å². The maximum absolute atomic E-state index is 10.7. The standard InChI is InChI=1S/C6H11NO3/c1-2-3-6(10)7(4-8)5-9/h2-3,8-9H,4-5H2,1H3/b3-2-. The molecule has 0 rings (SSSR count). The highest BCUT2D eigenvalue weighted by Crippen LogP contribution is 1.86. The number of hydrogen-bond acceptors (Lipinski definition) is 3. The smallest absolute Gasteiger partial charge is 0.249 e. The first-order valence-corrected chi connectivity index (χ1v) is 2.89. The van der Waals surface area contributed by atoms with E-state index in [1.165, 1.54) is 6.08 Å². The van der Waals surface area contributed by atoms with Crippen LogP contribution in [-0.4, -0.2) is 34.5 Å². The Kier molecular flexibility index (Phi) is 4.53. The molecule has 0 radical (unpaired) electrons. The largest absolute Gasteiger partial charge is 0.376 e. The molecule has 4 heteroatoms. The van der Waals surface area contributed by atoms with Gasteiger partial charge < -0.3 is 10.2 Å². The Morgan fingerprint density at radius 3 is 2.30 bits per heavy atom. The average Bonchev–Trinajstić information content (AvgIpc) is 1.91. The van der Waals surface area contributed by atoms with E-state index in [2.05, 4.69) is 0 Å². The molecule has 0 saturated carbocycles. The fraction of sp³-hybridized carbons (Fsp3) is 0.500. The van der Waals surface area contributed by atoms with E-state index in [9.17, 15) is 4.79 Å². The zero-order valence-corrected chi connectivity index (χ0v) is 5.82. The molecule has 0 aliphatic carbocycles. The van der Waals surface area contributed by atoms with Crippen molar-refractivity contribution < 1.29 is 15.0 Å². The summed E-state index contributed by atoms with van der Waals surface area (Å²) in [4.78, 5) is 11.6. The summed E-state index contributed by atoms with van der Waals surface area (Å²) in [6.07, 6.45) is 2.81. The van der Waals surface area contributed by atoms with Crippen LogP contribution in [0, 0.1) is 0 Å². The molecule has 0 aliphatic rings. The minimum Gasteiger partial charge on any atom is -0.376 e. The molecule has 0 saturated heterocycles. The number of rotatable bonds is 3. The summed E-state index contributed by atoms with van der Waals surface area (Å²) in [5.41, 5.74) is 0. The van der Waals surface area contributed by atoms with Crippen molar-refractivity contribution in [3.05, 3.63) is 12.2 Å². The fourth-order valence-electron chi connectivity index (χ4n) is 0.432. The van der Waals surface area contributed by atoms with E-state index in [1.54, 1.807) is 13.0 Å². The molecule has 0 fully saturated rings. The number of hydrogen-bond donors (Lipinski definition) is 2. The molecule has 0 spiro atoms. The van der Waals surface area contributed by atoms with Gasteiger partial charge in [0.05, 0.1) is 0 Å². The predicted octanol–water partition coefficient (Wildman–Crippen LogP) is -0.709. The highest BCUT2D eigenvalue weighted by Gasteiger charge is 2.04. The molecule has 58 valence electrons. The van der Waals surface area contributed by atoms with E-state index < -0.39 is 19.4 Å². The Morgan fingerprint density at radius 1 is 1.50 bits per heavy atom. The molecule has 0 atom stereocenters. The van der Waals surface area contributed by atoms with Crippen molar-refractivity contribution in [2.45, 2.75) is 6.92 Å². The monoisotopic (exact) mass is 145 g/mol. The Labute approximate surface area is 59.4 Å². The van der Waals surface area contributed by atoms with Gasteiger partial charge in [-0.25, -0.2) is 0 Å². The van der Waals surface area contributed by atoms with Crippen LogP contribution >= 0.6 is 0 Å². The molecule has 2 N–H and O–H groups in total. The second-order valence-corrected chi connectivity index (χ2v) is 1.66. The lowest BCUT2D eigenvalue weighted by Crippen LogP contribution is -2.31. The zero-order chi connectivity index (χ0) is 7.98. The van der Waals surface area contributed by atoms with Crippen LogP contribution in [0.4, 0.5) is 0 Å². The van der Waals surface area contributed by atoms with Crippen LogP contribution in [0.2, 0.25) is 0 Å². The van der Waals surface area contributed by atoms with Gasteiger partial charge in [-0.05, 0) is 13.0 Å². The SMILES string of the molecule is C/C=C\C(=O)N(CO)CO. The molecule has 10 heavy (non-hydrogen) atoms. The van der Waals surface area contributed by atoms with Gasteiger partial charge in [0.25, 0.3) is 0 Å². The maximum Gasteiger partial charge on any atom is 0.249 e. The minimum atomic E-state index is -0.459. The van der Waals surface area contributed by atoms with Crippen LogP contribution < -0.4 is 0 Å². The van der Waals surface area contributed by atoms with Crippen molar-refractivity contribution in [2.24, 2.45) is 0 Å². The lowest BCUT2D eigenvalue weighted by molar-refractivity contribution is -0.134. The lowest BCUT2D eigenvalue weighted by Gasteiger charge is -2.13. The van der Waals surface area contributed by atoms with Crippen LogP contribution in [0.15, 0.2) is 12.2 Å². The van der Waals surface area contributed by atoms with Gasteiger partial charge in [-0.2, -0.15) is 0 Å². The summed E-state index contributed by atoms with van der Waals surface area (Å²) in [6.45, 7) is 0.768. The van der Waals surface area contributed by atoms with Gasteiger partial charge in [-0.3, -0.25) is 9.69 Å². The number of nitrogens with zero attached hydrogens (tertiary/aromatic N) is 1. The highest BCUT2D eigenvalue weighted by atomic mass is 16.3. The molecular weight excluding hydrogens is 134 g/mol. The van der Waals surface area contributed by atoms with Gasteiger partial charge >= 0.3 is 0 Å². The summed E-state index contributed by atoms with van der Waals surface area (Å²) in [5, 5.41) is 16.9. The fourth-order valence-corrected chi connectivity index (χ4v) is 0.432. The quantitative estimate of drug-likeness (QED) is 0.407. The Hall–Kier alpha value is -0.870. The van der Waals surface area contributed by atoms with Crippen LogP contribution in [0.1, 0.15) is 6.92 Å². The van der Waals surface area contributed by atoms with Crippen molar-refractivity contribution in [1.29, 1.82) is 0 Å². The Balaban J connectivity index is 3.89. The van der Waals surface area contributed by atoms with E-state index >= 15 is 0 Å². The second-order valence-electron chi connectivity index (χ2n) is 1.66. The number of aliphatic hydroxyl groups is 2. The van der Waals surface area contributed by atoms with Crippen LogP contribution in [0.25, 0.3) is 0 Å². The van der Waals surface area contributed by atoms with Crippen molar-refractivity contribution in [2.75, 3.05) is 13.5 Å². The minimum absolute atomic E-state index is 0.396.